The van der Waals surface area contributed by atoms with Crippen LogP contribution in [0.2, 0.25) is 5.02 Å². The van der Waals surface area contributed by atoms with Crippen molar-refractivity contribution >= 4 is 58.9 Å². The van der Waals surface area contributed by atoms with E-state index in [0.717, 1.165) is 12.0 Å². The summed E-state index contributed by atoms with van der Waals surface area (Å²) >= 11 is 6.15. The van der Waals surface area contributed by atoms with Crippen LogP contribution >= 0.6 is 35.6 Å². The molecule has 3 N–H and O–H groups in total. The van der Waals surface area contributed by atoms with Crippen LogP contribution in [0.3, 0.4) is 0 Å². The Kier molecular flexibility index (Phi) is 9.76. The Hall–Kier alpha value is -2.14. The second kappa shape index (κ2) is 12.0. The number of carbonyl (C=O) groups excluding carboxylic acids is 1. The van der Waals surface area contributed by atoms with Crippen LogP contribution in [-0.4, -0.2) is 49.6 Å². The van der Waals surface area contributed by atoms with E-state index < -0.39 is 0 Å². The molecule has 0 saturated carbocycles. The number of benzene rings is 1. The number of hydrogen-bond acceptors (Lipinski definition) is 4. The number of halogens is 3. The third-order valence-corrected chi connectivity index (χ3v) is 5.15. The number of anilines is 2. The van der Waals surface area contributed by atoms with Crippen LogP contribution in [0, 0.1) is 12.7 Å². The first-order valence-corrected chi connectivity index (χ1v) is 10.2. The van der Waals surface area contributed by atoms with Gasteiger partial charge in [-0.25, -0.2) is 9.37 Å². The van der Waals surface area contributed by atoms with Gasteiger partial charge in [0.25, 0.3) is 0 Å². The average Bonchev–Trinajstić information content (AvgIpc) is 3.18. The van der Waals surface area contributed by atoms with E-state index in [2.05, 4.69) is 25.9 Å². The third-order valence-electron chi connectivity index (χ3n) is 4.83. The molecule has 0 spiro atoms. The standard InChI is InChI=1S/C21H26ClFN6O.HI/c1-14-5-6-18(16(22)12-14)28-19(30)7-10-26-21(24-2)27-15-8-11-29(13-15)20-17(23)4-3-9-25-20;/h3-6,9,12,15H,7-8,10-11,13H2,1-2H3,(H,28,30)(H2,24,26,27);1H. The van der Waals surface area contributed by atoms with Gasteiger partial charge in [0.05, 0.1) is 10.7 Å². The lowest BCUT2D eigenvalue weighted by Crippen LogP contribution is -2.45. The molecule has 1 aromatic carbocycles. The van der Waals surface area contributed by atoms with Gasteiger partial charge in [0.2, 0.25) is 5.91 Å². The number of aliphatic imine (C=N–C) groups is 1. The number of hydrogen-bond donors (Lipinski definition) is 3. The number of amides is 1. The van der Waals surface area contributed by atoms with Gasteiger partial charge in [-0.15, -0.1) is 24.0 Å². The molecule has 31 heavy (non-hydrogen) atoms. The molecule has 1 aromatic heterocycles. The average molecular weight is 561 g/mol. The maximum absolute atomic E-state index is 13.9. The summed E-state index contributed by atoms with van der Waals surface area (Å²) in [6.45, 7) is 3.69. The quantitative estimate of drug-likeness (QED) is 0.286. The summed E-state index contributed by atoms with van der Waals surface area (Å²) in [6, 6.07) is 8.60. The summed E-state index contributed by atoms with van der Waals surface area (Å²) in [6.07, 6.45) is 2.69. The molecule has 3 rings (SSSR count). The molecule has 0 radical (unpaired) electrons. The highest BCUT2D eigenvalue weighted by molar-refractivity contribution is 14.0. The smallest absolute Gasteiger partial charge is 0.226 e. The molecular weight excluding hydrogens is 534 g/mol. The number of aryl methyl sites for hydroxylation is 1. The predicted octanol–water partition coefficient (Wildman–Crippen LogP) is 3.57. The van der Waals surface area contributed by atoms with Gasteiger partial charge in [-0.2, -0.15) is 0 Å². The number of nitrogens with one attached hydrogen (secondary N) is 3. The van der Waals surface area contributed by atoms with E-state index in [1.54, 1.807) is 25.4 Å². The molecule has 1 fully saturated rings. The van der Waals surface area contributed by atoms with Crippen LogP contribution in [0.4, 0.5) is 15.9 Å². The highest BCUT2D eigenvalue weighted by atomic mass is 127. The Morgan fingerprint density at radius 1 is 1.39 bits per heavy atom. The van der Waals surface area contributed by atoms with Crippen LogP contribution in [-0.2, 0) is 4.79 Å². The van der Waals surface area contributed by atoms with Crippen molar-refractivity contribution in [2.24, 2.45) is 4.99 Å². The largest absolute Gasteiger partial charge is 0.356 e. The molecule has 1 amide bonds. The van der Waals surface area contributed by atoms with E-state index >= 15 is 0 Å². The van der Waals surface area contributed by atoms with Gasteiger partial charge < -0.3 is 20.9 Å². The second-order valence-electron chi connectivity index (χ2n) is 7.17. The van der Waals surface area contributed by atoms with Gasteiger partial charge in [0.15, 0.2) is 17.6 Å². The van der Waals surface area contributed by atoms with E-state index in [1.807, 2.05) is 24.0 Å². The number of carbonyl (C=O) groups is 1. The summed E-state index contributed by atoms with van der Waals surface area (Å²) in [5.41, 5.74) is 1.63. The zero-order valence-electron chi connectivity index (χ0n) is 17.5. The van der Waals surface area contributed by atoms with Crippen LogP contribution in [0.5, 0.6) is 0 Å². The zero-order chi connectivity index (χ0) is 21.5. The molecule has 7 nitrogen and oxygen atoms in total. The van der Waals surface area contributed by atoms with Gasteiger partial charge in [-0.1, -0.05) is 17.7 Å². The van der Waals surface area contributed by atoms with Crippen molar-refractivity contribution in [3.63, 3.8) is 0 Å². The van der Waals surface area contributed by atoms with Crippen molar-refractivity contribution in [2.75, 3.05) is 36.9 Å². The number of rotatable bonds is 6. The molecule has 1 aliphatic rings. The van der Waals surface area contributed by atoms with Gasteiger partial charge in [0.1, 0.15) is 0 Å². The molecule has 2 heterocycles. The van der Waals surface area contributed by atoms with Crippen molar-refractivity contribution in [3.05, 3.63) is 52.9 Å². The highest BCUT2D eigenvalue weighted by Gasteiger charge is 2.25. The van der Waals surface area contributed by atoms with E-state index in [-0.39, 0.29) is 48.2 Å². The van der Waals surface area contributed by atoms with Crippen LogP contribution in [0.15, 0.2) is 41.5 Å². The fourth-order valence-electron chi connectivity index (χ4n) is 3.30. The van der Waals surface area contributed by atoms with Crippen LogP contribution in [0.1, 0.15) is 18.4 Å². The monoisotopic (exact) mass is 560 g/mol. The summed E-state index contributed by atoms with van der Waals surface area (Å²) in [5.74, 6) is 0.516. The van der Waals surface area contributed by atoms with E-state index in [0.29, 0.717) is 42.1 Å². The summed E-state index contributed by atoms with van der Waals surface area (Å²) < 4.78 is 13.9. The van der Waals surface area contributed by atoms with Crippen molar-refractivity contribution in [2.45, 2.75) is 25.8 Å². The third kappa shape index (κ3) is 7.20. The Balaban J connectivity index is 0.00000341. The Bertz CT molecular complexity index is 928. The van der Waals surface area contributed by atoms with Crippen molar-refractivity contribution in [3.8, 4) is 0 Å². The minimum absolute atomic E-state index is 0. The molecule has 0 aliphatic carbocycles. The van der Waals surface area contributed by atoms with Crippen LogP contribution < -0.4 is 20.9 Å². The Labute approximate surface area is 203 Å². The zero-order valence-corrected chi connectivity index (χ0v) is 20.6. The maximum Gasteiger partial charge on any atom is 0.226 e. The van der Waals surface area contributed by atoms with Crippen molar-refractivity contribution in [1.82, 2.24) is 15.6 Å². The minimum Gasteiger partial charge on any atom is -0.356 e. The highest BCUT2D eigenvalue weighted by Crippen LogP contribution is 2.23. The lowest BCUT2D eigenvalue weighted by atomic mass is 10.2. The SMILES string of the molecule is CN=C(NCCC(=O)Nc1ccc(C)cc1Cl)NC1CCN(c2ncccc2F)C1.I. The second-order valence-corrected chi connectivity index (χ2v) is 7.57. The van der Waals surface area contributed by atoms with E-state index in [9.17, 15) is 9.18 Å². The fraction of sp³-hybridized carbons (Fsp3) is 0.381. The first kappa shape index (κ1) is 25.1. The molecule has 1 aliphatic heterocycles. The number of guanidine groups is 1. The summed E-state index contributed by atoms with van der Waals surface area (Å²) in [5, 5.41) is 9.79. The van der Waals surface area contributed by atoms with Crippen LogP contribution in [0.25, 0.3) is 0 Å². The summed E-state index contributed by atoms with van der Waals surface area (Å²) in [7, 11) is 1.67. The number of pyridine rings is 1. The maximum atomic E-state index is 13.9. The molecule has 10 heteroatoms. The van der Waals surface area contributed by atoms with Gasteiger partial charge in [0, 0.05) is 45.3 Å². The number of aromatic nitrogens is 1. The summed E-state index contributed by atoms with van der Waals surface area (Å²) in [4.78, 5) is 22.4. The van der Waals surface area contributed by atoms with E-state index in [4.69, 9.17) is 11.6 Å². The van der Waals surface area contributed by atoms with Crippen molar-refractivity contribution < 1.29 is 9.18 Å². The van der Waals surface area contributed by atoms with Crippen molar-refractivity contribution in [1.29, 1.82) is 0 Å². The Morgan fingerprint density at radius 3 is 2.90 bits per heavy atom. The molecular formula is C21H27ClFIN6O. The predicted molar refractivity (Wildman–Crippen MR) is 134 cm³/mol. The fourth-order valence-corrected chi connectivity index (χ4v) is 3.58. The normalized spacial score (nSPS) is 15.9. The van der Waals surface area contributed by atoms with Gasteiger partial charge in [-0.3, -0.25) is 9.79 Å². The number of nitrogens with zero attached hydrogens (tertiary/aromatic N) is 3. The molecule has 0 bridgehead atoms. The van der Waals surface area contributed by atoms with E-state index in [1.165, 1.54) is 6.07 Å². The molecule has 1 unspecified atom stereocenters. The van der Waals surface area contributed by atoms with Gasteiger partial charge in [-0.05, 0) is 43.2 Å². The molecule has 168 valence electrons. The van der Waals surface area contributed by atoms with Gasteiger partial charge >= 0.3 is 0 Å². The first-order chi connectivity index (χ1) is 14.5. The minimum atomic E-state index is -0.319. The Morgan fingerprint density at radius 2 is 2.19 bits per heavy atom. The molecule has 1 atom stereocenters. The topological polar surface area (TPSA) is 81.6 Å². The lowest BCUT2D eigenvalue weighted by molar-refractivity contribution is -0.116. The first-order valence-electron chi connectivity index (χ1n) is 9.85. The molecule has 2 aromatic rings. The molecule has 1 saturated heterocycles. The lowest BCUT2D eigenvalue weighted by Gasteiger charge is -2.20.